The monoisotopic (exact) mass is 276 g/mol. The van der Waals surface area contributed by atoms with Crippen molar-refractivity contribution in [2.75, 3.05) is 6.61 Å². The van der Waals surface area contributed by atoms with Crippen LogP contribution in [0.25, 0.3) is 0 Å². The normalized spacial score (nSPS) is 29.7. The average Bonchev–Trinajstić information content (AvgIpc) is 2.55. The topological polar surface area (TPSA) is 108 Å². The van der Waals surface area contributed by atoms with Crippen LogP contribution in [-0.4, -0.2) is 54.2 Å². The Morgan fingerprint density at radius 2 is 1.42 bits per heavy atom. The number of aliphatic hydroxyl groups excluding tert-OH is 1. The van der Waals surface area contributed by atoms with Gasteiger partial charge in [-0.25, -0.2) is 0 Å². The molecule has 1 saturated heterocycles. The summed E-state index contributed by atoms with van der Waals surface area (Å²) in [6.45, 7) is 3.00. The molecule has 8 nitrogen and oxygen atoms in total. The molecule has 8 heteroatoms. The van der Waals surface area contributed by atoms with Gasteiger partial charge in [0, 0.05) is 20.8 Å². The summed E-state index contributed by atoms with van der Waals surface area (Å²) in [6, 6.07) is 0. The van der Waals surface area contributed by atoms with E-state index in [1.54, 1.807) is 0 Å². The van der Waals surface area contributed by atoms with Crippen molar-refractivity contribution in [2.24, 2.45) is 0 Å². The van der Waals surface area contributed by atoms with Gasteiger partial charge in [0.1, 0.15) is 6.10 Å². The molecule has 0 aromatic rings. The first kappa shape index (κ1) is 15.4. The smallest absolute Gasteiger partial charge is 0.305 e. The molecule has 0 aromatic carbocycles. The van der Waals surface area contributed by atoms with E-state index in [1.807, 2.05) is 0 Å². The van der Waals surface area contributed by atoms with Crippen LogP contribution in [0.3, 0.4) is 0 Å². The van der Waals surface area contributed by atoms with E-state index in [-0.39, 0.29) is 0 Å². The van der Waals surface area contributed by atoms with Gasteiger partial charge in [-0.15, -0.1) is 0 Å². The Hall–Kier alpha value is -1.67. The molecule has 1 fully saturated rings. The summed E-state index contributed by atoms with van der Waals surface area (Å²) in [5.41, 5.74) is 0. The Morgan fingerprint density at radius 1 is 0.947 bits per heavy atom. The number of rotatable bonds is 4. The molecule has 1 aliphatic rings. The second-order valence-corrected chi connectivity index (χ2v) is 3.98. The standard InChI is InChI=1S/C11H16O8/c1-5(13)16-9-8(4-12)19-11(18-7(3)15)10(9)17-6(2)14/h8-12H,4H2,1-3H3/t8-,9?,10?,11-/m0/s1. The summed E-state index contributed by atoms with van der Waals surface area (Å²) in [6.07, 6.45) is -4.29. The number of carbonyl (C=O) groups is 3. The van der Waals surface area contributed by atoms with Gasteiger partial charge >= 0.3 is 17.9 Å². The molecule has 0 aliphatic carbocycles. The molecular formula is C11H16O8. The van der Waals surface area contributed by atoms with Crippen molar-refractivity contribution in [1.29, 1.82) is 0 Å². The Labute approximate surface area is 109 Å². The van der Waals surface area contributed by atoms with E-state index in [9.17, 15) is 14.4 Å². The van der Waals surface area contributed by atoms with E-state index < -0.39 is 49.1 Å². The predicted molar refractivity (Wildman–Crippen MR) is 58.6 cm³/mol. The predicted octanol–water partition coefficient (Wildman–Crippen LogP) is -0.870. The van der Waals surface area contributed by atoms with E-state index in [1.165, 1.54) is 6.92 Å². The third kappa shape index (κ3) is 4.18. The number of ether oxygens (including phenoxy) is 4. The molecule has 4 atom stereocenters. The van der Waals surface area contributed by atoms with Crippen molar-refractivity contribution in [2.45, 2.75) is 45.4 Å². The number of esters is 3. The lowest BCUT2D eigenvalue weighted by Gasteiger charge is -2.22. The van der Waals surface area contributed by atoms with Crippen LogP contribution in [-0.2, 0) is 33.3 Å². The Balaban J connectivity index is 2.90. The Morgan fingerprint density at radius 3 is 1.84 bits per heavy atom. The molecule has 2 unspecified atom stereocenters. The van der Waals surface area contributed by atoms with Crippen LogP contribution < -0.4 is 0 Å². The molecule has 1 N–H and O–H groups in total. The highest BCUT2D eigenvalue weighted by atomic mass is 16.7. The molecule has 0 amide bonds. The van der Waals surface area contributed by atoms with Crippen LogP contribution in [0.15, 0.2) is 0 Å². The third-order valence-corrected chi connectivity index (χ3v) is 2.33. The number of carbonyl (C=O) groups excluding carboxylic acids is 3. The summed E-state index contributed by atoms with van der Waals surface area (Å²) in [4.78, 5) is 33.0. The first-order chi connectivity index (χ1) is 8.85. The Bertz CT molecular complexity index is 366. The molecule has 0 spiro atoms. The summed E-state index contributed by atoms with van der Waals surface area (Å²) in [7, 11) is 0. The van der Waals surface area contributed by atoms with Gasteiger partial charge in [0.15, 0.2) is 6.10 Å². The van der Waals surface area contributed by atoms with Crippen LogP contribution in [0.2, 0.25) is 0 Å². The molecular weight excluding hydrogens is 260 g/mol. The lowest BCUT2D eigenvalue weighted by atomic mass is 10.1. The number of aliphatic hydroxyl groups is 1. The minimum absolute atomic E-state index is 0.479. The SMILES string of the molecule is CC(=O)OC1C(OC(C)=O)[C@H](CO)O[C@@H]1OC(C)=O. The molecule has 0 radical (unpaired) electrons. The molecule has 1 heterocycles. The first-order valence-corrected chi connectivity index (χ1v) is 5.63. The van der Waals surface area contributed by atoms with Gasteiger partial charge in [0.25, 0.3) is 0 Å². The zero-order valence-corrected chi connectivity index (χ0v) is 10.8. The molecule has 19 heavy (non-hydrogen) atoms. The van der Waals surface area contributed by atoms with Crippen molar-refractivity contribution in [3.8, 4) is 0 Å². The lowest BCUT2D eigenvalue weighted by Crippen LogP contribution is -2.41. The molecule has 0 aromatic heterocycles. The van der Waals surface area contributed by atoms with Crippen LogP contribution in [0.1, 0.15) is 20.8 Å². The van der Waals surface area contributed by atoms with E-state index in [2.05, 4.69) is 0 Å². The summed E-state index contributed by atoms with van der Waals surface area (Å²) in [5, 5.41) is 9.16. The minimum Gasteiger partial charge on any atom is -0.455 e. The van der Waals surface area contributed by atoms with Crippen molar-refractivity contribution in [3.05, 3.63) is 0 Å². The maximum Gasteiger partial charge on any atom is 0.305 e. The quantitative estimate of drug-likeness (QED) is 0.521. The minimum atomic E-state index is -1.22. The van der Waals surface area contributed by atoms with E-state index in [0.717, 1.165) is 13.8 Å². The Kier molecular flexibility index (Phi) is 5.25. The van der Waals surface area contributed by atoms with Gasteiger partial charge in [-0.05, 0) is 0 Å². The lowest BCUT2D eigenvalue weighted by molar-refractivity contribution is -0.196. The van der Waals surface area contributed by atoms with E-state index >= 15 is 0 Å². The van der Waals surface area contributed by atoms with Crippen molar-refractivity contribution < 1.29 is 38.4 Å². The molecule has 1 rings (SSSR count). The van der Waals surface area contributed by atoms with Gasteiger partial charge in [-0.3, -0.25) is 14.4 Å². The highest BCUT2D eigenvalue weighted by Gasteiger charge is 2.50. The van der Waals surface area contributed by atoms with Crippen molar-refractivity contribution in [1.82, 2.24) is 0 Å². The molecule has 108 valence electrons. The van der Waals surface area contributed by atoms with Crippen LogP contribution in [0.4, 0.5) is 0 Å². The fraction of sp³-hybridized carbons (Fsp3) is 0.727. The van der Waals surface area contributed by atoms with Crippen LogP contribution in [0.5, 0.6) is 0 Å². The van der Waals surface area contributed by atoms with E-state index in [4.69, 9.17) is 24.1 Å². The average molecular weight is 276 g/mol. The summed E-state index contributed by atoms with van der Waals surface area (Å²) < 4.78 is 19.9. The molecule has 0 bridgehead atoms. The summed E-state index contributed by atoms with van der Waals surface area (Å²) >= 11 is 0. The van der Waals surface area contributed by atoms with Gasteiger partial charge in [0.2, 0.25) is 12.4 Å². The second kappa shape index (κ2) is 6.48. The maximum atomic E-state index is 11.0. The number of hydrogen-bond acceptors (Lipinski definition) is 8. The molecule has 0 saturated carbocycles. The summed E-state index contributed by atoms with van der Waals surface area (Å²) in [5.74, 6) is -1.93. The third-order valence-electron chi connectivity index (χ3n) is 2.33. The maximum absolute atomic E-state index is 11.0. The second-order valence-electron chi connectivity index (χ2n) is 3.98. The number of hydrogen-bond donors (Lipinski definition) is 1. The van der Waals surface area contributed by atoms with Crippen LogP contribution in [0, 0.1) is 0 Å². The first-order valence-electron chi connectivity index (χ1n) is 5.63. The zero-order valence-electron chi connectivity index (χ0n) is 10.8. The molecule has 1 aliphatic heterocycles. The van der Waals surface area contributed by atoms with Gasteiger partial charge in [0.05, 0.1) is 6.61 Å². The van der Waals surface area contributed by atoms with Gasteiger partial charge in [-0.2, -0.15) is 0 Å². The van der Waals surface area contributed by atoms with Crippen LogP contribution >= 0.6 is 0 Å². The highest BCUT2D eigenvalue weighted by Crippen LogP contribution is 2.27. The van der Waals surface area contributed by atoms with Gasteiger partial charge < -0.3 is 24.1 Å². The highest BCUT2D eigenvalue weighted by molar-refractivity contribution is 5.68. The van der Waals surface area contributed by atoms with E-state index in [0.29, 0.717) is 0 Å². The fourth-order valence-corrected chi connectivity index (χ4v) is 1.75. The largest absolute Gasteiger partial charge is 0.455 e. The van der Waals surface area contributed by atoms with Gasteiger partial charge in [-0.1, -0.05) is 0 Å². The van der Waals surface area contributed by atoms with Crippen molar-refractivity contribution in [3.63, 3.8) is 0 Å². The van der Waals surface area contributed by atoms with Crippen molar-refractivity contribution >= 4 is 17.9 Å². The zero-order chi connectivity index (χ0) is 14.6. The fourth-order valence-electron chi connectivity index (χ4n) is 1.75.